The minimum atomic E-state index is -1.06. The third-order valence-corrected chi connectivity index (χ3v) is 3.12. The number of aliphatic hydroxyl groups excluding tert-OH is 8. The van der Waals surface area contributed by atoms with Crippen molar-refractivity contribution in [1.29, 1.82) is 0 Å². The number of nitrogens with zero attached hydrogens (tertiary/aromatic N) is 2. The third-order valence-electron chi connectivity index (χ3n) is 3.12. The topological polar surface area (TPSA) is 168 Å². The van der Waals surface area contributed by atoms with Crippen LogP contribution in [0.1, 0.15) is 0 Å². The Morgan fingerprint density at radius 3 is 0.870 bits per heavy atom. The normalized spacial score (nSPS) is 17.5. The van der Waals surface area contributed by atoms with E-state index >= 15 is 0 Å². The van der Waals surface area contributed by atoms with Crippen LogP contribution in [0.25, 0.3) is 0 Å². The number of hydrogen-bond acceptors (Lipinski definition) is 10. The molecule has 0 aromatic rings. The minimum Gasteiger partial charge on any atom is -0.394 e. The maximum Gasteiger partial charge on any atom is 0.0897 e. The van der Waals surface area contributed by atoms with Crippen LogP contribution >= 0.6 is 0 Å². The molecule has 0 fully saturated rings. The molecule has 0 aliphatic rings. The summed E-state index contributed by atoms with van der Waals surface area (Å²) in [7, 11) is 0. The minimum absolute atomic E-state index is 0.00546. The summed E-state index contributed by atoms with van der Waals surface area (Å²) in [4.78, 5) is 3.05. The van der Waals surface area contributed by atoms with Crippen molar-refractivity contribution >= 4 is 0 Å². The number of aliphatic hydroxyl groups is 8. The molecule has 0 bridgehead atoms. The van der Waals surface area contributed by atoms with Gasteiger partial charge in [0.15, 0.2) is 0 Å². The van der Waals surface area contributed by atoms with Crippen LogP contribution in [0.4, 0.5) is 0 Å². The van der Waals surface area contributed by atoms with Gasteiger partial charge in [0.25, 0.3) is 0 Å². The fourth-order valence-corrected chi connectivity index (χ4v) is 2.09. The molecule has 8 N–H and O–H groups in total. The van der Waals surface area contributed by atoms with Crippen LogP contribution in [0, 0.1) is 0 Å². The summed E-state index contributed by atoms with van der Waals surface area (Å²) in [5.41, 5.74) is 0. The van der Waals surface area contributed by atoms with E-state index in [1.54, 1.807) is 0 Å². The molecule has 0 radical (unpaired) electrons. The van der Waals surface area contributed by atoms with Gasteiger partial charge in [-0.05, 0) is 0 Å². The number of rotatable bonds is 14. The molecule has 0 aromatic carbocycles. The Labute approximate surface area is 135 Å². The van der Waals surface area contributed by atoms with Gasteiger partial charge in [-0.25, -0.2) is 0 Å². The molecule has 140 valence electrons. The van der Waals surface area contributed by atoms with E-state index in [0.717, 1.165) is 0 Å². The quantitative estimate of drug-likeness (QED) is 0.143. The van der Waals surface area contributed by atoms with Crippen molar-refractivity contribution in [3.63, 3.8) is 0 Å². The molecule has 4 unspecified atom stereocenters. The van der Waals surface area contributed by atoms with Crippen LogP contribution in [0.15, 0.2) is 0 Å². The Morgan fingerprint density at radius 2 is 0.696 bits per heavy atom. The Balaban J connectivity index is 4.83. The van der Waals surface area contributed by atoms with Crippen molar-refractivity contribution in [1.82, 2.24) is 9.80 Å². The predicted octanol–water partition coefficient (Wildman–Crippen LogP) is -5.04. The summed E-state index contributed by atoms with van der Waals surface area (Å²) < 4.78 is 0. The molecular formula is C13H30N2O8. The van der Waals surface area contributed by atoms with Gasteiger partial charge in [-0.15, -0.1) is 0 Å². The van der Waals surface area contributed by atoms with Gasteiger partial charge in [-0.3, -0.25) is 9.80 Å². The monoisotopic (exact) mass is 342 g/mol. The molecule has 0 aliphatic heterocycles. The van der Waals surface area contributed by atoms with Gasteiger partial charge >= 0.3 is 0 Å². The fraction of sp³-hybridized carbons (Fsp3) is 1.00. The molecular weight excluding hydrogens is 312 g/mol. The molecule has 23 heavy (non-hydrogen) atoms. The third kappa shape index (κ3) is 10.9. The van der Waals surface area contributed by atoms with Gasteiger partial charge in [0.2, 0.25) is 0 Å². The molecule has 0 aliphatic carbocycles. The average molecular weight is 342 g/mol. The summed E-state index contributed by atoms with van der Waals surface area (Å²) in [6.45, 7) is -1.88. The number of hydrogen-bond donors (Lipinski definition) is 8. The van der Waals surface area contributed by atoms with E-state index in [1.165, 1.54) is 9.80 Å². The zero-order valence-electron chi connectivity index (χ0n) is 13.1. The fourth-order valence-electron chi connectivity index (χ4n) is 2.09. The molecule has 0 aromatic heterocycles. The summed E-state index contributed by atoms with van der Waals surface area (Å²) in [5, 5.41) is 73.9. The Bertz CT molecular complexity index is 237. The van der Waals surface area contributed by atoms with E-state index in [2.05, 4.69) is 0 Å². The van der Waals surface area contributed by atoms with Crippen LogP contribution in [-0.4, -0.2) is 134 Å². The zero-order chi connectivity index (χ0) is 17.8. The molecule has 0 rings (SSSR count). The highest BCUT2D eigenvalue weighted by Crippen LogP contribution is 2.03. The smallest absolute Gasteiger partial charge is 0.0897 e. The average Bonchev–Trinajstić information content (AvgIpc) is 2.53. The van der Waals surface area contributed by atoms with Gasteiger partial charge in [0, 0.05) is 26.2 Å². The lowest BCUT2D eigenvalue weighted by atomic mass is 10.2. The largest absolute Gasteiger partial charge is 0.394 e. The molecule has 10 nitrogen and oxygen atoms in total. The first-order valence-electron chi connectivity index (χ1n) is 7.46. The highest BCUT2D eigenvalue weighted by Gasteiger charge is 2.21. The highest BCUT2D eigenvalue weighted by atomic mass is 16.3. The Morgan fingerprint density at radius 1 is 0.478 bits per heavy atom. The standard InChI is InChI=1S/C13H30N2O8/c16-5-10(20)1-14(2-11(21)6-17)9-15(3-12(22)7-18)4-13(23)8-19/h10-13,16-23H,1-9H2. The Hall–Kier alpha value is -0.400. The summed E-state index contributed by atoms with van der Waals surface area (Å²) in [5.74, 6) is 0. The molecule has 4 atom stereocenters. The van der Waals surface area contributed by atoms with E-state index in [-0.39, 0.29) is 32.8 Å². The van der Waals surface area contributed by atoms with Crippen LogP contribution in [0.2, 0.25) is 0 Å². The van der Waals surface area contributed by atoms with Gasteiger partial charge in [0.1, 0.15) is 0 Å². The van der Waals surface area contributed by atoms with Gasteiger partial charge in [-0.1, -0.05) is 0 Å². The van der Waals surface area contributed by atoms with Crippen molar-refractivity contribution in [3.05, 3.63) is 0 Å². The first-order chi connectivity index (χ1) is 10.9. The molecule has 0 saturated carbocycles. The lowest BCUT2D eigenvalue weighted by molar-refractivity contribution is -0.0269. The van der Waals surface area contributed by atoms with Crippen molar-refractivity contribution in [2.45, 2.75) is 24.4 Å². The van der Waals surface area contributed by atoms with Crippen molar-refractivity contribution in [2.24, 2.45) is 0 Å². The van der Waals surface area contributed by atoms with E-state index in [4.69, 9.17) is 20.4 Å². The highest BCUT2D eigenvalue weighted by molar-refractivity contribution is 4.73. The molecule has 10 heteroatoms. The summed E-state index contributed by atoms with van der Waals surface area (Å²) in [6.07, 6.45) is -4.25. The Kier molecular flexibility index (Phi) is 12.7. The van der Waals surface area contributed by atoms with Crippen LogP contribution in [-0.2, 0) is 0 Å². The second-order valence-electron chi connectivity index (χ2n) is 5.56. The molecule has 0 saturated heterocycles. The molecule has 0 spiro atoms. The van der Waals surface area contributed by atoms with Crippen molar-refractivity contribution in [3.8, 4) is 0 Å². The van der Waals surface area contributed by atoms with E-state index in [1.807, 2.05) is 0 Å². The van der Waals surface area contributed by atoms with Gasteiger partial charge in [0.05, 0.1) is 57.5 Å². The van der Waals surface area contributed by atoms with E-state index in [0.29, 0.717) is 0 Å². The molecule has 0 heterocycles. The second kappa shape index (κ2) is 13.0. The first-order valence-corrected chi connectivity index (χ1v) is 7.46. The predicted molar refractivity (Wildman–Crippen MR) is 80.4 cm³/mol. The summed E-state index contributed by atoms with van der Waals surface area (Å²) in [6, 6.07) is 0. The zero-order valence-corrected chi connectivity index (χ0v) is 13.1. The van der Waals surface area contributed by atoms with Crippen LogP contribution in [0.3, 0.4) is 0 Å². The maximum atomic E-state index is 9.55. The van der Waals surface area contributed by atoms with Crippen LogP contribution < -0.4 is 0 Å². The maximum absolute atomic E-state index is 9.55. The van der Waals surface area contributed by atoms with E-state index < -0.39 is 50.8 Å². The van der Waals surface area contributed by atoms with E-state index in [9.17, 15) is 20.4 Å². The first kappa shape index (κ1) is 22.6. The van der Waals surface area contributed by atoms with Gasteiger partial charge in [-0.2, -0.15) is 0 Å². The second-order valence-corrected chi connectivity index (χ2v) is 5.56. The lowest BCUT2D eigenvalue weighted by Gasteiger charge is -2.34. The van der Waals surface area contributed by atoms with Gasteiger partial charge < -0.3 is 40.9 Å². The SMILES string of the molecule is OCC(O)CN(CC(O)CO)CN(CC(O)CO)CC(O)CO. The van der Waals surface area contributed by atoms with Crippen molar-refractivity contribution in [2.75, 3.05) is 59.3 Å². The lowest BCUT2D eigenvalue weighted by Crippen LogP contribution is -2.50. The van der Waals surface area contributed by atoms with Crippen molar-refractivity contribution < 1.29 is 40.9 Å². The van der Waals surface area contributed by atoms with Crippen LogP contribution in [0.5, 0.6) is 0 Å². The summed E-state index contributed by atoms with van der Waals surface area (Å²) >= 11 is 0. The molecule has 0 amide bonds.